The lowest BCUT2D eigenvalue weighted by molar-refractivity contribution is 0.103. The van der Waals surface area contributed by atoms with Crippen molar-refractivity contribution >= 4 is 36.9 Å². The fraction of sp³-hybridized carbons (Fsp3) is 0.259. The normalized spacial score (nSPS) is 11.7. The Kier molecular flexibility index (Phi) is 6.67. The lowest BCUT2D eigenvalue weighted by Gasteiger charge is -2.28. The maximum atomic E-state index is 13.2. The molecule has 0 N–H and O–H groups in total. The number of carbonyl (C=O) groups excluding carboxylic acids is 1. The van der Waals surface area contributed by atoms with Gasteiger partial charge in [0, 0.05) is 17.1 Å². The van der Waals surface area contributed by atoms with Crippen LogP contribution in [-0.4, -0.2) is 19.8 Å². The van der Waals surface area contributed by atoms with Crippen LogP contribution in [0, 0.1) is 0 Å². The topological polar surface area (TPSA) is 48.4 Å². The van der Waals surface area contributed by atoms with Crippen molar-refractivity contribution in [1.29, 1.82) is 0 Å². The van der Waals surface area contributed by atoms with E-state index in [9.17, 15) is 4.79 Å². The number of nitrogens with zero attached hydrogens (tertiary/aromatic N) is 1. The number of aromatic nitrogens is 1. The third kappa shape index (κ3) is 5.18. The number of thiazole rings is 1. The van der Waals surface area contributed by atoms with Crippen molar-refractivity contribution in [2.45, 2.75) is 45.9 Å². The van der Waals surface area contributed by atoms with Gasteiger partial charge in [-0.1, -0.05) is 57.2 Å². The predicted octanol–water partition coefficient (Wildman–Crippen LogP) is 6.77. The van der Waals surface area contributed by atoms with E-state index in [-0.39, 0.29) is 11.2 Å². The summed E-state index contributed by atoms with van der Waals surface area (Å²) in [5, 5.41) is 4.68. The fourth-order valence-corrected chi connectivity index (χ4v) is 5.18. The van der Waals surface area contributed by atoms with Crippen LogP contribution in [0.4, 0.5) is 0 Å². The average Bonchev–Trinajstić information content (AvgIpc) is 3.31. The zero-order chi connectivity index (χ0) is 23.6. The molecule has 0 aliphatic carbocycles. The minimum absolute atomic E-state index is 0.110. The van der Waals surface area contributed by atoms with Gasteiger partial charge in [-0.15, -0.1) is 11.3 Å². The SMILES string of the molecule is C[SiH](C)Oc1c(C(=O)c2nccs2)ccc(OCc2ccc3ccccc3c2)c1C(C)(C)C. The maximum Gasteiger partial charge on any atom is 0.229 e. The van der Waals surface area contributed by atoms with Gasteiger partial charge in [0.15, 0.2) is 5.01 Å². The zero-order valence-electron chi connectivity index (χ0n) is 19.7. The Morgan fingerprint density at radius 3 is 2.45 bits per heavy atom. The first-order valence-electron chi connectivity index (χ1n) is 11.1. The molecule has 0 radical (unpaired) electrons. The Morgan fingerprint density at radius 2 is 1.79 bits per heavy atom. The van der Waals surface area contributed by atoms with Crippen molar-refractivity contribution < 1.29 is 14.0 Å². The molecule has 4 aromatic rings. The molecule has 1 aromatic heterocycles. The maximum absolute atomic E-state index is 13.2. The smallest absolute Gasteiger partial charge is 0.229 e. The molecular weight excluding hydrogens is 446 g/mol. The van der Waals surface area contributed by atoms with E-state index in [0.717, 1.165) is 16.9 Å². The van der Waals surface area contributed by atoms with Crippen molar-refractivity contribution in [3.8, 4) is 11.5 Å². The van der Waals surface area contributed by atoms with Gasteiger partial charge in [0.1, 0.15) is 18.1 Å². The van der Waals surface area contributed by atoms with Crippen LogP contribution in [0.25, 0.3) is 10.8 Å². The van der Waals surface area contributed by atoms with E-state index in [2.05, 4.69) is 69.2 Å². The Balaban J connectivity index is 1.74. The summed E-state index contributed by atoms with van der Waals surface area (Å²) < 4.78 is 12.7. The third-order valence-corrected chi connectivity index (χ3v) is 6.78. The second-order valence-electron chi connectivity index (χ2n) is 9.37. The third-order valence-electron chi connectivity index (χ3n) is 5.30. The van der Waals surface area contributed by atoms with Crippen LogP contribution in [0.2, 0.25) is 13.1 Å². The van der Waals surface area contributed by atoms with Crippen LogP contribution < -0.4 is 9.16 Å². The van der Waals surface area contributed by atoms with Crippen molar-refractivity contribution in [2.24, 2.45) is 0 Å². The summed E-state index contributed by atoms with van der Waals surface area (Å²) in [6.07, 6.45) is 1.65. The molecule has 0 atom stereocenters. The summed E-state index contributed by atoms with van der Waals surface area (Å²) in [7, 11) is -1.50. The molecule has 33 heavy (non-hydrogen) atoms. The van der Waals surface area contributed by atoms with Gasteiger partial charge in [-0.3, -0.25) is 4.79 Å². The number of ketones is 1. The molecule has 0 aliphatic heterocycles. The van der Waals surface area contributed by atoms with Gasteiger partial charge in [0.2, 0.25) is 14.8 Å². The predicted molar refractivity (Wildman–Crippen MR) is 138 cm³/mol. The molecule has 1 heterocycles. The summed E-state index contributed by atoms with van der Waals surface area (Å²) >= 11 is 1.34. The molecule has 0 spiro atoms. The number of rotatable bonds is 7. The second-order valence-corrected chi connectivity index (χ2v) is 12.6. The summed E-state index contributed by atoms with van der Waals surface area (Å²) in [6, 6.07) is 18.4. The molecule has 6 heteroatoms. The first-order valence-corrected chi connectivity index (χ1v) is 14.8. The van der Waals surface area contributed by atoms with Crippen molar-refractivity contribution in [2.75, 3.05) is 0 Å². The molecule has 4 rings (SSSR count). The van der Waals surface area contributed by atoms with E-state index in [1.165, 1.54) is 22.1 Å². The minimum atomic E-state index is -1.50. The first kappa shape index (κ1) is 23.2. The number of ether oxygens (including phenoxy) is 1. The fourth-order valence-electron chi connectivity index (χ4n) is 3.87. The molecule has 0 aliphatic rings. The number of fused-ring (bicyclic) bond motifs is 1. The highest BCUT2D eigenvalue weighted by Crippen LogP contribution is 2.42. The van der Waals surface area contributed by atoms with Crippen LogP contribution in [0.5, 0.6) is 11.5 Å². The highest BCUT2D eigenvalue weighted by Gasteiger charge is 2.30. The van der Waals surface area contributed by atoms with Crippen molar-refractivity contribution in [1.82, 2.24) is 4.98 Å². The van der Waals surface area contributed by atoms with E-state index in [0.29, 0.717) is 22.9 Å². The Morgan fingerprint density at radius 1 is 1.03 bits per heavy atom. The Labute approximate surface area is 200 Å². The van der Waals surface area contributed by atoms with Crippen molar-refractivity contribution in [3.05, 3.63) is 87.9 Å². The first-order chi connectivity index (χ1) is 15.7. The van der Waals surface area contributed by atoms with Gasteiger partial charge < -0.3 is 9.16 Å². The highest BCUT2D eigenvalue weighted by molar-refractivity contribution is 7.11. The molecule has 4 nitrogen and oxygen atoms in total. The number of hydrogen-bond donors (Lipinski definition) is 0. The van der Waals surface area contributed by atoms with Gasteiger partial charge in [0.05, 0.1) is 5.56 Å². The van der Waals surface area contributed by atoms with Crippen LogP contribution >= 0.6 is 11.3 Å². The van der Waals surface area contributed by atoms with Gasteiger partial charge in [-0.05, 0) is 53.0 Å². The largest absolute Gasteiger partial charge is 0.546 e. The molecule has 0 bridgehead atoms. The highest BCUT2D eigenvalue weighted by atomic mass is 32.1. The van der Waals surface area contributed by atoms with E-state index < -0.39 is 9.04 Å². The standard InChI is InChI=1S/C27H29NO3SSi/c1-27(2,3)23-22(30-17-18-10-11-19-8-6-7-9-20(19)16-18)13-12-21(25(23)31-33(4)5)24(29)26-28-14-15-32-26/h6-16,33H,17H2,1-5H3. The number of benzene rings is 3. The average molecular weight is 476 g/mol. The minimum Gasteiger partial charge on any atom is -0.546 e. The lowest BCUT2D eigenvalue weighted by atomic mass is 9.84. The quantitative estimate of drug-likeness (QED) is 0.219. The zero-order valence-corrected chi connectivity index (χ0v) is 21.7. The number of carbonyl (C=O) groups is 1. The lowest BCUT2D eigenvalue weighted by Crippen LogP contribution is -2.22. The van der Waals surface area contributed by atoms with E-state index in [4.69, 9.17) is 9.16 Å². The summed E-state index contributed by atoms with van der Waals surface area (Å²) in [6.45, 7) is 11.0. The summed E-state index contributed by atoms with van der Waals surface area (Å²) in [5.74, 6) is 1.28. The molecule has 170 valence electrons. The summed E-state index contributed by atoms with van der Waals surface area (Å²) in [5.41, 5.74) is 2.29. The van der Waals surface area contributed by atoms with E-state index in [1.54, 1.807) is 6.20 Å². The van der Waals surface area contributed by atoms with Crippen molar-refractivity contribution in [3.63, 3.8) is 0 Å². The van der Waals surface area contributed by atoms with Crippen LogP contribution in [0.3, 0.4) is 0 Å². The van der Waals surface area contributed by atoms with Crippen LogP contribution in [0.15, 0.2) is 66.2 Å². The van der Waals surface area contributed by atoms with E-state index in [1.807, 2.05) is 29.6 Å². The molecule has 0 amide bonds. The van der Waals surface area contributed by atoms with Crippen LogP contribution in [0.1, 0.15) is 47.3 Å². The molecular formula is C27H29NO3SSi. The van der Waals surface area contributed by atoms with E-state index >= 15 is 0 Å². The van der Waals surface area contributed by atoms with Crippen LogP contribution in [-0.2, 0) is 12.0 Å². The molecule has 0 saturated heterocycles. The van der Waals surface area contributed by atoms with Gasteiger partial charge in [-0.2, -0.15) is 0 Å². The summed E-state index contributed by atoms with van der Waals surface area (Å²) in [4.78, 5) is 17.5. The van der Waals surface area contributed by atoms with Gasteiger partial charge in [-0.25, -0.2) is 4.98 Å². The Hall–Kier alpha value is -2.96. The Bertz CT molecular complexity index is 1280. The second kappa shape index (κ2) is 9.49. The van der Waals surface area contributed by atoms with Gasteiger partial charge >= 0.3 is 0 Å². The number of hydrogen-bond acceptors (Lipinski definition) is 5. The molecule has 3 aromatic carbocycles. The monoisotopic (exact) mass is 475 g/mol. The van der Waals surface area contributed by atoms with Gasteiger partial charge in [0.25, 0.3) is 0 Å². The molecule has 0 fully saturated rings. The molecule has 0 unspecified atom stereocenters. The molecule has 0 saturated carbocycles.